The smallest absolute Gasteiger partial charge is 0.212 e. The highest BCUT2D eigenvalue weighted by molar-refractivity contribution is 5.79. The molecule has 1 aromatic heterocycles. The van der Waals surface area contributed by atoms with E-state index in [1.807, 2.05) is 24.3 Å². The minimum Gasteiger partial charge on any atom is -0.481 e. The van der Waals surface area contributed by atoms with Gasteiger partial charge in [-0.05, 0) is 23.3 Å². The molecular weight excluding hydrogens is 373 g/mol. The molecule has 2 N–H and O–H groups in total. The maximum atomic E-state index is 13.4. The van der Waals surface area contributed by atoms with Crippen molar-refractivity contribution < 1.29 is 13.9 Å². The molecule has 1 unspecified atom stereocenters. The minimum atomic E-state index is -0.229. The Balaban J connectivity index is 1.60. The molecule has 0 amide bonds. The molecule has 8 heteroatoms. The highest BCUT2D eigenvalue weighted by Crippen LogP contribution is 2.21. The number of guanidine groups is 1. The largest absolute Gasteiger partial charge is 0.481 e. The zero-order valence-electron chi connectivity index (χ0n) is 16.9. The first-order valence-electron chi connectivity index (χ1n) is 9.70. The summed E-state index contributed by atoms with van der Waals surface area (Å²) in [5.74, 6) is 1.05. The van der Waals surface area contributed by atoms with Crippen molar-refractivity contribution in [1.82, 2.24) is 20.5 Å². The summed E-state index contributed by atoms with van der Waals surface area (Å²) in [6.07, 6.45) is 1.77. The lowest BCUT2D eigenvalue weighted by Gasteiger charge is -2.35. The monoisotopic (exact) mass is 401 g/mol. The van der Waals surface area contributed by atoms with Gasteiger partial charge in [-0.1, -0.05) is 18.2 Å². The molecule has 29 heavy (non-hydrogen) atoms. The van der Waals surface area contributed by atoms with Gasteiger partial charge in [0.05, 0.1) is 26.4 Å². The van der Waals surface area contributed by atoms with Gasteiger partial charge in [-0.25, -0.2) is 9.37 Å². The molecule has 1 fully saturated rings. The number of aromatic nitrogens is 1. The van der Waals surface area contributed by atoms with Crippen LogP contribution in [0.25, 0.3) is 0 Å². The average Bonchev–Trinajstić information content (AvgIpc) is 2.78. The van der Waals surface area contributed by atoms with E-state index in [9.17, 15) is 4.39 Å². The number of hydrogen-bond acceptors (Lipinski definition) is 5. The van der Waals surface area contributed by atoms with Crippen LogP contribution < -0.4 is 15.4 Å². The molecule has 0 bridgehead atoms. The van der Waals surface area contributed by atoms with Crippen LogP contribution in [0.5, 0.6) is 5.88 Å². The summed E-state index contributed by atoms with van der Waals surface area (Å²) in [4.78, 5) is 10.9. The molecule has 7 nitrogen and oxygen atoms in total. The maximum absolute atomic E-state index is 13.4. The summed E-state index contributed by atoms with van der Waals surface area (Å²) in [7, 11) is 3.33. The highest BCUT2D eigenvalue weighted by atomic mass is 19.1. The fourth-order valence-corrected chi connectivity index (χ4v) is 3.27. The lowest BCUT2D eigenvalue weighted by Crippen LogP contribution is -2.46. The zero-order valence-corrected chi connectivity index (χ0v) is 16.9. The van der Waals surface area contributed by atoms with E-state index in [0.717, 1.165) is 24.2 Å². The number of pyridine rings is 1. The molecule has 0 spiro atoms. The Labute approximate surface area is 170 Å². The van der Waals surface area contributed by atoms with Gasteiger partial charge in [0, 0.05) is 45.5 Å². The second kappa shape index (κ2) is 10.7. The van der Waals surface area contributed by atoms with Crippen molar-refractivity contribution in [2.45, 2.75) is 12.6 Å². The van der Waals surface area contributed by atoms with E-state index in [1.54, 1.807) is 20.4 Å². The van der Waals surface area contributed by atoms with Crippen molar-refractivity contribution in [3.8, 4) is 5.88 Å². The molecule has 0 aliphatic carbocycles. The average molecular weight is 401 g/mol. The number of ether oxygens (including phenoxy) is 2. The van der Waals surface area contributed by atoms with Crippen molar-refractivity contribution >= 4 is 5.96 Å². The third-order valence-corrected chi connectivity index (χ3v) is 4.89. The van der Waals surface area contributed by atoms with Crippen LogP contribution in [0.3, 0.4) is 0 Å². The summed E-state index contributed by atoms with van der Waals surface area (Å²) in [5, 5.41) is 6.69. The van der Waals surface area contributed by atoms with Gasteiger partial charge in [0.15, 0.2) is 5.96 Å². The quantitative estimate of drug-likeness (QED) is 0.546. The van der Waals surface area contributed by atoms with Gasteiger partial charge in [0.25, 0.3) is 0 Å². The summed E-state index contributed by atoms with van der Waals surface area (Å²) in [6.45, 7) is 4.33. The number of nitrogens with one attached hydrogen (secondary N) is 2. The van der Waals surface area contributed by atoms with Crippen molar-refractivity contribution in [3.05, 3.63) is 59.5 Å². The maximum Gasteiger partial charge on any atom is 0.212 e. The Kier molecular flexibility index (Phi) is 7.77. The molecule has 1 aromatic carbocycles. The van der Waals surface area contributed by atoms with Crippen LogP contribution in [0.4, 0.5) is 4.39 Å². The van der Waals surface area contributed by atoms with Crippen LogP contribution >= 0.6 is 0 Å². The van der Waals surface area contributed by atoms with E-state index < -0.39 is 0 Å². The fourth-order valence-electron chi connectivity index (χ4n) is 3.27. The van der Waals surface area contributed by atoms with Crippen LogP contribution in [-0.4, -0.2) is 62.8 Å². The predicted octanol–water partition coefficient (Wildman–Crippen LogP) is 1.97. The summed E-state index contributed by atoms with van der Waals surface area (Å²) >= 11 is 0. The van der Waals surface area contributed by atoms with Crippen molar-refractivity contribution in [1.29, 1.82) is 0 Å². The second-order valence-electron chi connectivity index (χ2n) is 6.73. The zero-order chi connectivity index (χ0) is 20.5. The molecule has 2 heterocycles. The number of nitrogens with zero attached hydrogens (tertiary/aromatic N) is 3. The van der Waals surface area contributed by atoms with E-state index in [-0.39, 0.29) is 11.9 Å². The molecule has 0 radical (unpaired) electrons. The first kappa shape index (κ1) is 21.0. The Bertz CT molecular complexity index is 777. The van der Waals surface area contributed by atoms with Gasteiger partial charge < -0.3 is 20.1 Å². The Hall–Kier alpha value is -2.71. The minimum absolute atomic E-state index is 0.0979. The molecule has 1 atom stereocenters. The number of methoxy groups -OCH3 is 1. The van der Waals surface area contributed by atoms with Crippen molar-refractivity contribution in [2.24, 2.45) is 4.99 Å². The van der Waals surface area contributed by atoms with Gasteiger partial charge >= 0.3 is 0 Å². The summed E-state index contributed by atoms with van der Waals surface area (Å²) < 4.78 is 23.9. The molecule has 156 valence electrons. The van der Waals surface area contributed by atoms with Crippen molar-refractivity contribution in [2.75, 3.05) is 47.0 Å². The fraction of sp³-hybridized carbons (Fsp3) is 0.429. The van der Waals surface area contributed by atoms with Crippen LogP contribution in [0.1, 0.15) is 17.2 Å². The molecular formula is C21H28FN5O2. The lowest BCUT2D eigenvalue weighted by atomic mass is 10.0. The van der Waals surface area contributed by atoms with E-state index in [4.69, 9.17) is 9.47 Å². The van der Waals surface area contributed by atoms with Gasteiger partial charge in [-0.2, -0.15) is 0 Å². The number of hydrogen-bond donors (Lipinski definition) is 2. The SMILES string of the molecule is CN=C(NCc1ccc(OC)nc1)NCC(c1ccc(F)cc1)N1CCOCC1. The topological polar surface area (TPSA) is 71.0 Å². The van der Waals surface area contributed by atoms with Gasteiger partial charge in [-0.3, -0.25) is 9.89 Å². The number of aliphatic imine (C=N–C) groups is 1. The van der Waals surface area contributed by atoms with Crippen LogP contribution in [-0.2, 0) is 11.3 Å². The number of benzene rings is 1. The molecule has 1 saturated heterocycles. The normalized spacial score (nSPS) is 16.3. The highest BCUT2D eigenvalue weighted by Gasteiger charge is 2.23. The van der Waals surface area contributed by atoms with Crippen LogP contribution in [0.2, 0.25) is 0 Å². The first-order valence-corrected chi connectivity index (χ1v) is 9.70. The molecule has 0 saturated carbocycles. The molecule has 2 aromatic rings. The third kappa shape index (κ3) is 6.13. The van der Waals surface area contributed by atoms with Crippen LogP contribution in [0, 0.1) is 5.82 Å². The van der Waals surface area contributed by atoms with Gasteiger partial charge in [0.1, 0.15) is 5.82 Å². The lowest BCUT2D eigenvalue weighted by molar-refractivity contribution is 0.0170. The molecule has 3 rings (SSSR count). The first-order chi connectivity index (χ1) is 14.2. The van der Waals surface area contributed by atoms with Gasteiger partial charge in [-0.15, -0.1) is 0 Å². The van der Waals surface area contributed by atoms with E-state index in [2.05, 4.69) is 25.5 Å². The Morgan fingerprint density at radius 3 is 2.59 bits per heavy atom. The Morgan fingerprint density at radius 1 is 1.21 bits per heavy atom. The summed E-state index contributed by atoms with van der Waals surface area (Å²) in [5.41, 5.74) is 2.09. The second-order valence-corrected chi connectivity index (χ2v) is 6.73. The Morgan fingerprint density at radius 2 is 1.97 bits per heavy atom. The van der Waals surface area contributed by atoms with Crippen molar-refractivity contribution in [3.63, 3.8) is 0 Å². The van der Waals surface area contributed by atoms with E-state index in [0.29, 0.717) is 38.1 Å². The summed E-state index contributed by atoms with van der Waals surface area (Å²) in [6, 6.07) is 10.6. The van der Waals surface area contributed by atoms with E-state index in [1.165, 1.54) is 12.1 Å². The third-order valence-electron chi connectivity index (χ3n) is 4.89. The predicted molar refractivity (Wildman–Crippen MR) is 111 cm³/mol. The molecule has 1 aliphatic rings. The number of halogens is 1. The standard InChI is InChI=1S/C21H28FN5O2/c1-23-21(25-14-16-3-8-20(28-2)24-13-16)26-15-19(27-9-11-29-12-10-27)17-4-6-18(22)7-5-17/h3-8,13,19H,9-12,14-15H2,1-2H3,(H2,23,25,26). The molecule has 1 aliphatic heterocycles. The van der Waals surface area contributed by atoms with Crippen LogP contribution in [0.15, 0.2) is 47.6 Å². The number of rotatable bonds is 7. The van der Waals surface area contributed by atoms with E-state index >= 15 is 0 Å². The number of morpholine rings is 1. The van der Waals surface area contributed by atoms with Gasteiger partial charge in [0.2, 0.25) is 5.88 Å².